The second-order valence-electron chi connectivity index (χ2n) is 8.59. The van der Waals surface area contributed by atoms with E-state index in [0.717, 1.165) is 42.6 Å². The molecule has 0 amide bonds. The van der Waals surface area contributed by atoms with Crippen LogP contribution in [0.1, 0.15) is 66.9 Å². The Balaban J connectivity index is 1.44. The van der Waals surface area contributed by atoms with Gasteiger partial charge in [-0.25, -0.2) is 0 Å². The maximum atomic E-state index is 12.5. The molecule has 0 aromatic heterocycles. The highest BCUT2D eigenvalue weighted by molar-refractivity contribution is 5.96. The van der Waals surface area contributed by atoms with E-state index in [9.17, 15) is 9.59 Å². The molecule has 0 aliphatic heterocycles. The summed E-state index contributed by atoms with van der Waals surface area (Å²) in [6.45, 7) is 4.26. The van der Waals surface area contributed by atoms with E-state index in [2.05, 4.69) is 32.1 Å². The predicted molar refractivity (Wildman–Crippen MR) is 130 cm³/mol. The third-order valence-corrected chi connectivity index (χ3v) is 6.44. The molecule has 0 heterocycles. The molecule has 3 heteroatoms. The van der Waals surface area contributed by atoms with Crippen LogP contribution in [0, 0.1) is 12.8 Å². The molecule has 0 fully saturated rings. The molecule has 1 aliphatic rings. The van der Waals surface area contributed by atoms with E-state index in [1.807, 2.05) is 42.5 Å². The fraction of sp³-hybridized carbons (Fsp3) is 0.379. The van der Waals surface area contributed by atoms with Crippen LogP contribution in [0.5, 0.6) is 5.75 Å². The van der Waals surface area contributed by atoms with E-state index in [4.69, 9.17) is 4.74 Å². The summed E-state index contributed by atoms with van der Waals surface area (Å²) in [5.41, 5.74) is 5.81. The largest absolute Gasteiger partial charge is 0.497 e. The first-order valence-electron chi connectivity index (χ1n) is 11.6. The minimum atomic E-state index is 0.175. The first-order chi connectivity index (χ1) is 15.5. The van der Waals surface area contributed by atoms with Crippen molar-refractivity contribution in [3.63, 3.8) is 0 Å². The van der Waals surface area contributed by atoms with Crippen molar-refractivity contribution in [3.05, 3.63) is 88.5 Å². The molecule has 3 nitrogen and oxygen atoms in total. The zero-order valence-corrected chi connectivity index (χ0v) is 19.5. The number of ether oxygens (including phenoxy) is 1. The minimum absolute atomic E-state index is 0.175. The van der Waals surface area contributed by atoms with Crippen molar-refractivity contribution in [2.75, 3.05) is 7.11 Å². The highest BCUT2D eigenvalue weighted by Gasteiger charge is 2.22. The summed E-state index contributed by atoms with van der Waals surface area (Å²) < 4.78 is 5.16. The van der Waals surface area contributed by atoms with E-state index >= 15 is 0 Å². The van der Waals surface area contributed by atoms with Gasteiger partial charge in [0.1, 0.15) is 11.5 Å². The summed E-state index contributed by atoms with van der Waals surface area (Å²) in [6, 6.07) is 15.4. The lowest BCUT2D eigenvalue weighted by molar-refractivity contribution is -0.118. The van der Waals surface area contributed by atoms with Crippen molar-refractivity contribution in [3.8, 4) is 5.75 Å². The molecule has 3 rings (SSSR count). The van der Waals surface area contributed by atoms with Gasteiger partial charge in [-0.2, -0.15) is 0 Å². The Labute approximate surface area is 192 Å². The first kappa shape index (κ1) is 23.7. The molecule has 168 valence electrons. The number of carbonyl (C=O) groups is 2. The summed E-state index contributed by atoms with van der Waals surface area (Å²) in [4.78, 5) is 25.0. The van der Waals surface area contributed by atoms with Crippen molar-refractivity contribution in [2.45, 2.75) is 58.8 Å². The molecule has 0 N–H and O–H groups in total. The summed E-state index contributed by atoms with van der Waals surface area (Å²) in [5.74, 6) is 1.65. The van der Waals surface area contributed by atoms with Crippen LogP contribution in [0.3, 0.4) is 0 Å². The van der Waals surface area contributed by atoms with Gasteiger partial charge in [0.2, 0.25) is 0 Å². The average Bonchev–Trinajstić information content (AvgIpc) is 3.21. The van der Waals surface area contributed by atoms with Crippen molar-refractivity contribution in [1.29, 1.82) is 0 Å². The number of rotatable bonds is 12. The Morgan fingerprint density at radius 1 is 0.906 bits per heavy atom. The number of hydrogen-bond donors (Lipinski definition) is 0. The van der Waals surface area contributed by atoms with Crippen LogP contribution < -0.4 is 4.74 Å². The smallest absolute Gasteiger partial charge is 0.162 e. The lowest BCUT2D eigenvalue weighted by Gasteiger charge is -2.18. The highest BCUT2D eigenvalue weighted by Crippen LogP contribution is 2.35. The Morgan fingerprint density at radius 2 is 1.59 bits per heavy atom. The van der Waals surface area contributed by atoms with Crippen LogP contribution in [0.4, 0.5) is 0 Å². The number of aryl methyl sites for hydroxylation is 1. The average molecular weight is 431 g/mol. The predicted octanol–water partition coefficient (Wildman–Crippen LogP) is 6.84. The van der Waals surface area contributed by atoms with Gasteiger partial charge in [0.15, 0.2) is 5.78 Å². The van der Waals surface area contributed by atoms with Crippen LogP contribution >= 0.6 is 0 Å². The molecule has 2 aromatic rings. The van der Waals surface area contributed by atoms with Gasteiger partial charge >= 0.3 is 0 Å². The monoisotopic (exact) mass is 430 g/mol. The van der Waals surface area contributed by atoms with Gasteiger partial charge in [-0.1, -0.05) is 54.5 Å². The van der Waals surface area contributed by atoms with E-state index in [1.165, 1.54) is 16.7 Å². The van der Waals surface area contributed by atoms with Crippen LogP contribution in [-0.2, 0) is 11.2 Å². The lowest BCUT2D eigenvalue weighted by Crippen LogP contribution is -2.08. The second kappa shape index (κ2) is 11.6. The van der Waals surface area contributed by atoms with Crippen molar-refractivity contribution < 1.29 is 14.3 Å². The van der Waals surface area contributed by atoms with Crippen molar-refractivity contribution >= 4 is 11.6 Å². The molecule has 1 atom stereocenters. The van der Waals surface area contributed by atoms with E-state index in [-0.39, 0.29) is 5.78 Å². The van der Waals surface area contributed by atoms with E-state index < -0.39 is 0 Å². The third-order valence-electron chi connectivity index (χ3n) is 6.44. The molecule has 0 radical (unpaired) electrons. The third kappa shape index (κ3) is 6.29. The van der Waals surface area contributed by atoms with Gasteiger partial charge in [-0.15, -0.1) is 0 Å². The van der Waals surface area contributed by atoms with Crippen molar-refractivity contribution in [2.24, 2.45) is 5.92 Å². The molecule has 0 spiro atoms. The summed E-state index contributed by atoms with van der Waals surface area (Å²) in [5, 5.41) is 0. The van der Waals surface area contributed by atoms with Crippen LogP contribution in [-0.4, -0.2) is 18.7 Å². The van der Waals surface area contributed by atoms with Gasteiger partial charge in [-0.05, 0) is 68.0 Å². The number of allylic oxidation sites excluding steroid dienone is 4. The molecule has 0 bridgehead atoms. The standard InChI is InChI=1S/C29H34O3/c1-4-28-22(10-7-11-29(31)24-15-18-27(32-3)19-16-24)12-13-23(28)14-17-26(30)20-25-9-6-5-8-21(25)2/h5-6,8-9,12-13,15-16,18-19,28H,4,7,10-11,14,17,20H2,1-3H3. The van der Waals surface area contributed by atoms with Crippen molar-refractivity contribution in [1.82, 2.24) is 0 Å². The second-order valence-corrected chi connectivity index (χ2v) is 8.59. The number of hydrogen-bond acceptors (Lipinski definition) is 3. The zero-order valence-electron chi connectivity index (χ0n) is 19.5. The maximum absolute atomic E-state index is 12.5. The van der Waals surface area contributed by atoms with Gasteiger partial charge in [0.05, 0.1) is 7.11 Å². The Morgan fingerprint density at radius 3 is 2.25 bits per heavy atom. The van der Waals surface area contributed by atoms with Crippen LogP contribution in [0.25, 0.3) is 0 Å². The first-order valence-corrected chi connectivity index (χ1v) is 11.6. The summed E-state index contributed by atoms with van der Waals surface area (Å²) >= 11 is 0. The number of methoxy groups -OCH3 is 1. The van der Waals surface area contributed by atoms with Gasteiger partial charge in [-0.3, -0.25) is 9.59 Å². The van der Waals surface area contributed by atoms with E-state index in [0.29, 0.717) is 31.0 Å². The fourth-order valence-electron chi connectivity index (χ4n) is 4.49. The number of Topliss-reactive ketones (excluding diaryl/α,β-unsaturated/α-hetero) is 2. The molecule has 32 heavy (non-hydrogen) atoms. The van der Waals surface area contributed by atoms with Gasteiger partial charge in [0, 0.05) is 30.7 Å². The molecule has 1 aliphatic carbocycles. The minimum Gasteiger partial charge on any atom is -0.497 e. The summed E-state index contributed by atoms with van der Waals surface area (Å²) in [7, 11) is 1.62. The topological polar surface area (TPSA) is 43.4 Å². The Kier molecular flexibility index (Phi) is 8.61. The van der Waals surface area contributed by atoms with Gasteiger partial charge in [0.25, 0.3) is 0 Å². The Hall–Kier alpha value is -2.94. The number of ketones is 2. The fourth-order valence-corrected chi connectivity index (χ4v) is 4.49. The molecule has 1 unspecified atom stereocenters. The molecular formula is C29H34O3. The summed E-state index contributed by atoms with van der Waals surface area (Å²) in [6.07, 6.45) is 9.72. The molecular weight excluding hydrogens is 396 g/mol. The zero-order chi connectivity index (χ0) is 22.9. The van der Waals surface area contributed by atoms with Gasteiger partial charge < -0.3 is 4.74 Å². The number of benzene rings is 2. The van der Waals surface area contributed by atoms with Crippen LogP contribution in [0.15, 0.2) is 71.8 Å². The van der Waals surface area contributed by atoms with Crippen LogP contribution in [0.2, 0.25) is 0 Å². The SMILES string of the molecule is CCC1C(CCCC(=O)c2ccc(OC)cc2)=CC=C1CCC(=O)Cc1ccccc1C. The lowest BCUT2D eigenvalue weighted by atomic mass is 9.87. The van der Waals surface area contributed by atoms with E-state index in [1.54, 1.807) is 7.11 Å². The molecule has 0 saturated heterocycles. The highest BCUT2D eigenvalue weighted by atomic mass is 16.5. The quantitative estimate of drug-likeness (QED) is 0.346. The maximum Gasteiger partial charge on any atom is 0.162 e. The number of carbonyl (C=O) groups excluding carboxylic acids is 2. The molecule has 2 aromatic carbocycles. The normalized spacial score (nSPS) is 15.3. The molecule has 0 saturated carbocycles. The Bertz CT molecular complexity index is 995.